The molecule has 3 aromatic rings. The predicted octanol–water partition coefficient (Wildman–Crippen LogP) is 5.50. The van der Waals surface area contributed by atoms with Gasteiger partial charge in [-0.25, -0.2) is 4.79 Å². The molecule has 0 radical (unpaired) electrons. The number of hydrogen-bond donors (Lipinski definition) is 1. The zero-order valence-corrected chi connectivity index (χ0v) is 20.2. The third-order valence-electron chi connectivity index (χ3n) is 5.74. The van der Waals surface area contributed by atoms with Gasteiger partial charge < -0.3 is 29.0 Å². The summed E-state index contributed by atoms with van der Waals surface area (Å²) in [5.74, 6) is 1.44. The summed E-state index contributed by atoms with van der Waals surface area (Å²) in [5, 5.41) is 2.57. The Morgan fingerprint density at radius 1 is 1.00 bits per heavy atom. The van der Waals surface area contributed by atoms with Crippen LogP contribution in [0.15, 0.2) is 65.3 Å². The van der Waals surface area contributed by atoms with Crippen LogP contribution in [0.3, 0.4) is 0 Å². The number of hydrogen-bond acceptors (Lipinski definition) is 5. The number of fused-ring (bicyclic) bond motifs is 1. The molecule has 0 aliphatic carbocycles. The molecule has 0 atom stereocenters. The third kappa shape index (κ3) is 6.54. The van der Waals surface area contributed by atoms with Crippen LogP contribution in [0.25, 0.3) is 0 Å². The molecule has 1 aliphatic heterocycles. The summed E-state index contributed by atoms with van der Waals surface area (Å²) in [7, 11) is 0. The average molecular weight is 518 g/mol. The SMILES string of the molecule is CC(C)N(CC(=O)N(Cc1ccc2c(c1)OCO2)Cc1ccco1)C(=O)Nc1ccc(C(F)(F)F)cc1. The minimum absolute atomic E-state index is 0.130. The number of anilines is 1. The Balaban J connectivity index is 1.47. The van der Waals surface area contributed by atoms with Gasteiger partial charge in [-0.3, -0.25) is 4.79 Å². The van der Waals surface area contributed by atoms with Crippen molar-refractivity contribution < 1.29 is 36.7 Å². The molecular weight excluding hydrogens is 491 g/mol. The Morgan fingerprint density at radius 2 is 1.73 bits per heavy atom. The maximum Gasteiger partial charge on any atom is 0.416 e. The molecule has 3 amide bonds. The fourth-order valence-electron chi connectivity index (χ4n) is 3.76. The second kappa shape index (κ2) is 10.9. The van der Waals surface area contributed by atoms with E-state index in [1.54, 1.807) is 43.0 Å². The highest BCUT2D eigenvalue weighted by molar-refractivity contribution is 5.92. The third-order valence-corrected chi connectivity index (χ3v) is 5.74. The maximum atomic E-state index is 13.4. The number of benzene rings is 2. The topological polar surface area (TPSA) is 84.2 Å². The Kier molecular flexibility index (Phi) is 7.61. The van der Waals surface area contributed by atoms with Gasteiger partial charge in [-0.05, 0) is 67.9 Å². The zero-order valence-electron chi connectivity index (χ0n) is 20.2. The van der Waals surface area contributed by atoms with E-state index < -0.39 is 17.8 Å². The molecule has 0 bridgehead atoms. The van der Waals surface area contributed by atoms with Crippen LogP contribution in [0, 0.1) is 0 Å². The van der Waals surface area contributed by atoms with Crippen LogP contribution in [0.5, 0.6) is 11.5 Å². The van der Waals surface area contributed by atoms with Gasteiger partial charge in [-0.15, -0.1) is 0 Å². The highest BCUT2D eigenvalue weighted by Gasteiger charge is 2.30. The zero-order chi connectivity index (χ0) is 26.6. The van der Waals surface area contributed by atoms with Crippen molar-refractivity contribution in [2.24, 2.45) is 0 Å². The highest BCUT2D eigenvalue weighted by atomic mass is 19.4. The number of nitrogens with zero attached hydrogens (tertiary/aromatic N) is 2. The molecular formula is C26H26F3N3O5. The van der Waals surface area contributed by atoms with Gasteiger partial charge in [0.05, 0.1) is 18.4 Å². The van der Waals surface area contributed by atoms with Crippen LogP contribution in [0.2, 0.25) is 0 Å². The molecule has 0 fully saturated rings. The van der Waals surface area contributed by atoms with E-state index >= 15 is 0 Å². The number of ether oxygens (including phenoxy) is 2. The molecule has 11 heteroatoms. The molecule has 1 aromatic heterocycles. The van der Waals surface area contributed by atoms with Crippen LogP contribution in [-0.4, -0.2) is 41.1 Å². The van der Waals surface area contributed by atoms with E-state index in [2.05, 4.69) is 5.32 Å². The van der Waals surface area contributed by atoms with Gasteiger partial charge >= 0.3 is 12.2 Å². The van der Waals surface area contributed by atoms with Gasteiger partial charge in [0, 0.05) is 18.3 Å². The molecule has 8 nitrogen and oxygen atoms in total. The Bertz CT molecular complexity index is 1230. The molecule has 1 aliphatic rings. The summed E-state index contributed by atoms with van der Waals surface area (Å²) in [5.41, 5.74) is 0.164. The van der Waals surface area contributed by atoms with Crippen LogP contribution < -0.4 is 14.8 Å². The smallest absolute Gasteiger partial charge is 0.416 e. The summed E-state index contributed by atoms with van der Waals surface area (Å²) in [4.78, 5) is 29.3. The van der Waals surface area contributed by atoms with Crippen LogP contribution in [0.1, 0.15) is 30.7 Å². The number of amides is 3. The molecule has 196 valence electrons. The van der Waals surface area contributed by atoms with Gasteiger partial charge in [0.1, 0.15) is 12.3 Å². The van der Waals surface area contributed by atoms with Crippen molar-refractivity contribution in [2.75, 3.05) is 18.7 Å². The van der Waals surface area contributed by atoms with Crippen molar-refractivity contribution in [3.63, 3.8) is 0 Å². The van der Waals surface area contributed by atoms with E-state index in [0.717, 1.165) is 17.7 Å². The van der Waals surface area contributed by atoms with Gasteiger partial charge in [-0.1, -0.05) is 6.07 Å². The lowest BCUT2D eigenvalue weighted by molar-refractivity contribution is -0.137. The maximum absolute atomic E-state index is 13.4. The van der Waals surface area contributed by atoms with Crippen LogP contribution >= 0.6 is 0 Å². The second-order valence-electron chi connectivity index (χ2n) is 8.74. The molecule has 0 spiro atoms. The normalized spacial score (nSPS) is 12.5. The first-order valence-corrected chi connectivity index (χ1v) is 11.5. The van der Waals surface area contributed by atoms with Crippen molar-refractivity contribution in [1.82, 2.24) is 9.80 Å². The number of furan rings is 1. The van der Waals surface area contributed by atoms with Gasteiger partial charge in [0.15, 0.2) is 11.5 Å². The van der Waals surface area contributed by atoms with E-state index in [0.29, 0.717) is 17.3 Å². The highest BCUT2D eigenvalue weighted by Crippen LogP contribution is 2.33. The minimum atomic E-state index is -4.48. The fraction of sp³-hybridized carbons (Fsp3) is 0.308. The number of urea groups is 1. The van der Waals surface area contributed by atoms with Gasteiger partial charge in [0.2, 0.25) is 12.7 Å². The number of halogens is 3. The average Bonchev–Trinajstić information content (AvgIpc) is 3.53. The van der Waals surface area contributed by atoms with E-state index in [-0.39, 0.29) is 44.1 Å². The Morgan fingerprint density at radius 3 is 2.38 bits per heavy atom. The Hall–Kier alpha value is -4.15. The standard InChI is InChI=1S/C26H26F3N3O5/c1-17(2)32(25(34)30-20-8-6-19(7-9-20)26(27,28)29)15-24(33)31(14-21-4-3-11-35-21)13-18-5-10-22-23(12-18)37-16-36-22/h3-12,17H,13-16H2,1-2H3,(H,30,34). The van der Waals surface area contributed by atoms with Gasteiger partial charge in [0.25, 0.3) is 0 Å². The first-order valence-electron chi connectivity index (χ1n) is 11.5. The predicted molar refractivity (Wildman–Crippen MR) is 128 cm³/mol. The summed E-state index contributed by atoms with van der Waals surface area (Å²) >= 11 is 0. The minimum Gasteiger partial charge on any atom is -0.467 e. The number of alkyl halides is 3. The van der Waals surface area contributed by atoms with E-state index in [1.165, 1.54) is 23.3 Å². The molecule has 37 heavy (non-hydrogen) atoms. The number of carbonyl (C=O) groups excluding carboxylic acids is 2. The summed E-state index contributed by atoms with van der Waals surface area (Å²) in [6.45, 7) is 3.76. The lowest BCUT2D eigenvalue weighted by Gasteiger charge is -2.30. The van der Waals surface area contributed by atoms with Gasteiger partial charge in [-0.2, -0.15) is 13.2 Å². The largest absolute Gasteiger partial charge is 0.467 e. The Labute approximate surface area is 211 Å². The van der Waals surface area contributed by atoms with Crippen LogP contribution in [-0.2, 0) is 24.1 Å². The molecule has 1 N–H and O–H groups in total. The van der Waals surface area contributed by atoms with Crippen molar-refractivity contribution in [3.05, 3.63) is 77.7 Å². The molecule has 2 aromatic carbocycles. The monoisotopic (exact) mass is 517 g/mol. The van der Waals surface area contributed by atoms with E-state index in [9.17, 15) is 22.8 Å². The summed E-state index contributed by atoms with van der Waals surface area (Å²) < 4.78 is 54.7. The first-order chi connectivity index (χ1) is 17.6. The number of rotatable bonds is 8. The lowest BCUT2D eigenvalue weighted by Crippen LogP contribution is -2.47. The molecule has 2 heterocycles. The second-order valence-corrected chi connectivity index (χ2v) is 8.74. The fourth-order valence-corrected chi connectivity index (χ4v) is 3.76. The molecule has 0 saturated carbocycles. The first kappa shape index (κ1) is 25.9. The quantitative estimate of drug-likeness (QED) is 0.427. The molecule has 0 saturated heterocycles. The van der Waals surface area contributed by atoms with Crippen molar-refractivity contribution in [2.45, 2.75) is 39.2 Å². The molecule has 0 unspecified atom stereocenters. The lowest BCUT2D eigenvalue weighted by atomic mass is 10.1. The van der Waals surface area contributed by atoms with Crippen molar-refractivity contribution in [3.8, 4) is 11.5 Å². The van der Waals surface area contributed by atoms with E-state index in [4.69, 9.17) is 13.9 Å². The van der Waals surface area contributed by atoms with Crippen molar-refractivity contribution in [1.29, 1.82) is 0 Å². The van der Waals surface area contributed by atoms with Crippen molar-refractivity contribution >= 4 is 17.6 Å². The summed E-state index contributed by atoms with van der Waals surface area (Å²) in [6, 6.07) is 12.0. The summed E-state index contributed by atoms with van der Waals surface area (Å²) in [6.07, 6.45) is -2.97. The number of carbonyl (C=O) groups is 2. The van der Waals surface area contributed by atoms with E-state index in [1.807, 2.05) is 6.07 Å². The van der Waals surface area contributed by atoms with Crippen LogP contribution in [0.4, 0.5) is 23.7 Å². The number of nitrogens with one attached hydrogen (secondary N) is 1. The molecule has 4 rings (SSSR count).